The van der Waals surface area contributed by atoms with E-state index in [0.29, 0.717) is 11.4 Å². The number of nitrogens with two attached hydrogens (primary N) is 1. The topological polar surface area (TPSA) is 74.8 Å². The molecule has 0 atom stereocenters. The number of hydrogen-bond acceptors (Lipinski definition) is 3. The Labute approximate surface area is 80.9 Å². The van der Waals surface area contributed by atoms with Crippen LogP contribution in [0.25, 0.3) is 10.9 Å². The first-order valence-electron chi connectivity index (χ1n) is 4.11. The summed E-state index contributed by atoms with van der Waals surface area (Å²) in [4.78, 5) is 2.92. The summed E-state index contributed by atoms with van der Waals surface area (Å²) in [5, 5.41) is 9.60. The highest BCUT2D eigenvalue weighted by Gasteiger charge is 2.07. The molecule has 1 aromatic carbocycles. The highest BCUT2D eigenvalue weighted by Crippen LogP contribution is 2.27. The molecular formula is C10H9N3O. The number of nitrogen functional groups attached to an aromatic ring is 1. The van der Waals surface area contributed by atoms with Gasteiger partial charge in [0.15, 0.2) is 0 Å². The summed E-state index contributed by atoms with van der Waals surface area (Å²) in [5.74, 6) is 0.739. The molecule has 0 radical (unpaired) electrons. The number of aromatic amines is 1. The molecule has 0 bridgehead atoms. The number of nitriles is 1. The molecule has 1 heterocycles. The third-order valence-corrected chi connectivity index (χ3v) is 2.16. The van der Waals surface area contributed by atoms with E-state index in [4.69, 9.17) is 15.7 Å². The Bertz CT molecular complexity index is 522. The first kappa shape index (κ1) is 8.45. The van der Waals surface area contributed by atoms with Crippen molar-refractivity contribution in [2.75, 3.05) is 12.8 Å². The number of fused-ring (bicyclic) bond motifs is 1. The van der Waals surface area contributed by atoms with E-state index in [1.165, 1.54) is 0 Å². The van der Waals surface area contributed by atoms with E-state index < -0.39 is 0 Å². The minimum atomic E-state index is 0.397. The van der Waals surface area contributed by atoms with Gasteiger partial charge in [-0.1, -0.05) is 0 Å². The van der Waals surface area contributed by atoms with E-state index in [1.807, 2.05) is 24.3 Å². The Balaban J connectivity index is 2.74. The molecule has 4 heteroatoms. The van der Waals surface area contributed by atoms with E-state index in [9.17, 15) is 0 Å². The third-order valence-electron chi connectivity index (χ3n) is 2.16. The maximum absolute atomic E-state index is 8.75. The predicted molar refractivity (Wildman–Crippen MR) is 54.0 cm³/mol. The van der Waals surface area contributed by atoms with Crippen LogP contribution in [0.1, 0.15) is 5.69 Å². The van der Waals surface area contributed by atoms with Crippen LogP contribution in [0.5, 0.6) is 5.75 Å². The molecule has 0 spiro atoms. The molecular weight excluding hydrogens is 178 g/mol. The number of hydrogen-bond donors (Lipinski definition) is 2. The second-order valence-electron chi connectivity index (χ2n) is 2.94. The van der Waals surface area contributed by atoms with E-state index in [-0.39, 0.29) is 0 Å². The average Bonchev–Trinajstić information content (AvgIpc) is 2.55. The van der Waals surface area contributed by atoms with Gasteiger partial charge in [-0.05, 0) is 12.1 Å². The van der Waals surface area contributed by atoms with Gasteiger partial charge in [-0.3, -0.25) is 0 Å². The van der Waals surface area contributed by atoms with E-state index in [0.717, 1.165) is 16.7 Å². The van der Waals surface area contributed by atoms with Gasteiger partial charge < -0.3 is 15.5 Å². The third kappa shape index (κ3) is 1.07. The van der Waals surface area contributed by atoms with Gasteiger partial charge in [0.1, 0.15) is 17.5 Å². The number of H-pyrrole nitrogens is 1. The van der Waals surface area contributed by atoms with Crippen LogP contribution in [0.4, 0.5) is 5.69 Å². The van der Waals surface area contributed by atoms with Crippen LogP contribution >= 0.6 is 0 Å². The SMILES string of the molecule is COc1ccc2c(N)c(C#N)[nH]c2c1. The van der Waals surface area contributed by atoms with Crippen LogP contribution in [-0.2, 0) is 0 Å². The second kappa shape index (κ2) is 2.96. The summed E-state index contributed by atoms with van der Waals surface area (Å²) in [6.07, 6.45) is 0. The lowest BCUT2D eigenvalue weighted by molar-refractivity contribution is 0.415. The molecule has 70 valence electrons. The summed E-state index contributed by atoms with van der Waals surface area (Å²) in [6, 6.07) is 7.46. The Morgan fingerprint density at radius 1 is 1.50 bits per heavy atom. The minimum absolute atomic E-state index is 0.397. The fourth-order valence-electron chi connectivity index (χ4n) is 1.41. The summed E-state index contributed by atoms with van der Waals surface area (Å²) >= 11 is 0. The van der Waals surface area contributed by atoms with Crippen LogP contribution in [0.15, 0.2) is 18.2 Å². The lowest BCUT2D eigenvalue weighted by Gasteiger charge is -1.98. The molecule has 0 aliphatic carbocycles. The number of nitrogens with one attached hydrogen (secondary N) is 1. The Hall–Kier alpha value is -2.15. The van der Waals surface area contributed by atoms with Crippen LogP contribution in [0.2, 0.25) is 0 Å². The Morgan fingerprint density at radius 3 is 2.93 bits per heavy atom. The number of aromatic nitrogens is 1. The Morgan fingerprint density at radius 2 is 2.29 bits per heavy atom. The van der Waals surface area contributed by atoms with E-state index >= 15 is 0 Å². The molecule has 2 rings (SSSR count). The van der Waals surface area contributed by atoms with Crippen molar-refractivity contribution >= 4 is 16.6 Å². The van der Waals surface area contributed by atoms with Crippen molar-refractivity contribution in [1.82, 2.24) is 4.98 Å². The number of anilines is 1. The van der Waals surface area contributed by atoms with Crippen molar-refractivity contribution in [1.29, 1.82) is 5.26 Å². The smallest absolute Gasteiger partial charge is 0.141 e. The van der Waals surface area contributed by atoms with Crippen LogP contribution in [0.3, 0.4) is 0 Å². The molecule has 0 aliphatic rings. The van der Waals surface area contributed by atoms with Crippen molar-refractivity contribution in [3.05, 3.63) is 23.9 Å². The zero-order valence-corrected chi connectivity index (χ0v) is 7.66. The second-order valence-corrected chi connectivity index (χ2v) is 2.94. The van der Waals surface area contributed by atoms with Gasteiger partial charge >= 0.3 is 0 Å². The number of nitrogens with zero attached hydrogens (tertiary/aromatic N) is 1. The molecule has 1 aromatic heterocycles. The number of ether oxygens (including phenoxy) is 1. The van der Waals surface area contributed by atoms with Crippen molar-refractivity contribution < 1.29 is 4.74 Å². The van der Waals surface area contributed by atoms with Gasteiger partial charge in [0.05, 0.1) is 18.3 Å². The van der Waals surface area contributed by atoms with Crippen molar-refractivity contribution in [3.63, 3.8) is 0 Å². The molecule has 4 nitrogen and oxygen atoms in total. The molecule has 0 saturated carbocycles. The van der Waals surface area contributed by atoms with E-state index in [1.54, 1.807) is 7.11 Å². The maximum atomic E-state index is 8.75. The highest BCUT2D eigenvalue weighted by molar-refractivity contribution is 5.95. The van der Waals surface area contributed by atoms with Gasteiger partial charge in [0.25, 0.3) is 0 Å². The van der Waals surface area contributed by atoms with Crippen LogP contribution < -0.4 is 10.5 Å². The summed E-state index contributed by atoms with van der Waals surface area (Å²) in [7, 11) is 1.60. The molecule has 0 amide bonds. The Kier molecular flexibility index (Phi) is 1.79. The van der Waals surface area contributed by atoms with Crippen LogP contribution in [-0.4, -0.2) is 12.1 Å². The zero-order valence-electron chi connectivity index (χ0n) is 7.66. The average molecular weight is 187 g/mol. The summed E-state index contributed by atoms with van der Waals surface area (Å²) in [6.45, 7) is 0. The molecule has 2 aromatic rings. The van der Waals surface area contributed by atoms with Gasteiger partial charge in [0, 0.05) is 11.5 Å². The molecule has 14 heavy (non-hydrogen) atoms. The van der Waals surface area contributed by atoms with E-state index in [2.05, 4.69) is 4.98 Å². The fourth-order valence-corrected chi connectivity index (χ4v) is 1.41. The first-order valence-corrected chi connectivity index (χ1v) is 4.11. The van der Waals surface area contributed by atoms with Gasteiger partial charge in [0.2, 0.25) is 0 Å². The van der Waals surface area contributed by atoms with Crippen molar-refractivity contribution in [2.24, 2.45) is 0 Å². The minimum Gasteiger partial charge on any atom is -0.497 e. The molecule has 3 N–H and O–H groups in total. The number of benzene rings is 1. The molecule has 0 saturated heterocycles. The first-order chi connectivity index (χ1) is 6.76. The molecule has 0 aliphatic heterocycles. The fraction of sp³-hybridized carbons (Fsp3) is 0.100. The van der Waals surface area contributed by atoms with Gasteiger partial charge in [-0.15, -0.1) is 0 Å². The maximum Gasteiger partial charge on any atom is 0.141 e. The molecule has 0 unspecified atom stereocenters. The van der Waals surface area contributed by atoms with Crippen molar-refractivity contribution in [3.8, 4) is 11.8 Å². The normalized spacial score (nSPS) is 10.0. The van der Waals surface area contributed by atoms with Crippen LogP contribution in [0, 0.1) is 11.3 Å². The quantitative estimate of drug-likeness (QED) is 0.712. The predicted octanol–water partition coefficient (Wildman–Crippen LogP) is 1.63. The lowest BCUT2D eigenvalue weighted by atomic mass is 10.2. The highest BCUT2D eigenvalue weighted by atomic mass is 16.5. The molecule has 0 fully saturated rings. The lowest BCUT2D eigenvalue weighted by Crippen LogP contribution is -1.85. The van der Waals surface area contributed by atoms with Crippen molar-refractivity contribution in [2.45, 2.75) is 0 Å². The van der Waals surface area contributed by atoms with Gasteiger partial charge in [-0.25, -0.2) is 0 Å². The summed E-state index contributed by atoms with van der Waals surface area (Å²) < 4.78 is 5.06. The summed E-state index contributed by atoms with van der Waals surface area (Å²) in [5.41, 5.74) is 7.45. The largest absolute Gasteiger partial charge is 0.497 e. The monoisotopic (exact) mass is 187 g/mol. The zero-order chi connectivity index (χ0) is 10.1. The number of methoxy groups -OCH3 is 1. The van der Waals surface area contributed by atoms with Gasteiger partial charge in [-0.2, -0.15) is 5.26 Å². The number of rotatable bonds is 1. The standard InChI is InChI=1S/C10H9N3O/c1-14-6-2-3-7-8(4-6)13-9(5-11)10(7)12/h2-4,13H,12H2,1H3.